The van der Waals surface area contributed by atoms with Gasteiger partial charge in [0.15, 0.2) is 6.29 Å². The fourth-order valence-electron chi connectivity index (χ4n) is 4.21. The van der Waals surface area contributed by atoms with E-state index in [9.17, 15) is 9.18 Å². The zero-order valence-corrected chi connectivity index (χ0v) is 17.4. The normalized spacial score (nSPS) is 27.5. The van der Waals surface area contributed by atoms with Crippen LogP contribution in [0, 0.1) is 5.82 Å². The first-order valence-electron chi connectivity index (χ1n) is 10.5. The molecule has 0 saturated carbocycles. The number of rotatable bonds is 4. The average molecular weight is 438 g/mol. The first kappa shape index (κ1) is 20.7. The Balaban J connectivity index is 1.45. The molecule has 2 saturated heterocycles. The van der Waals surface area contributed by atoms with Crippen molar-refractivity contribution in [1.82, 2.24) is 20.3 Å². The van der Waals surface area contributed by atoms with Crippen molar-refractivity contribution in [2.45, 2.75) is 37.1 Å². The summed E-state index contributed by atoms with van der Waals surface area (Å²) in [6.45, 7) is 0.277. The summed E-state index contributed by atoms with van der Waals surface area (Å²) >= 11 is 0. The summed E-state index contributed by atoms with van der Waals surface area (Å²) in [6.07, 6.45) is 0.0301. The number of amides is 1. The molecule has 2 aliphatic rings. The minimum atomic E-state index is -0.673. The fraction of sp³-hybridized carbons (Fsp3) is 0.348. The Hall–Kier alpha value is -3.14. The lowest BCUT2D eigenvalue weighted by atomic mass is 9.94. The number of benzene rings is 2. The molecule has 0 radical (unpaired) electrons. The SMILES string of the molecule is CNC(=O)C1CC(n2cc(-c3cccc(F)c3)nn2)C2OC(c3ccccc3)OCC2O1. The van der Waals surface area contributed by atoms with E-state index in [-0.39, 0.29) is 24.4 Å². The number of hydrogen-bond acceptors (Lipinski definition) is 6. The standard InChI is InChI=1S/C23H23FN4O4/c1-25-22(29)19-11-18(28-12-17(26-27-28)15-8-5-9-16(24)10-15)21-20(31-19)13-30-23(32-21)14-6-3-2-4-7-14/h2-10,12,18-21,23H,11,13H2,1H3,(H,25,29). The maximum atomic E-state index is 13.7. The highest BCUT2D eigenvalue weighted by molar-refractivity contribution is 5.80. The number of likely N-dealkylation sites (N-methyl/N-ethyl adjacent to an activating group) is 1. The maximum absolute atomic E-state index is 13.7. The van der Waals surface area contributed by atoms with Gasteiger partial charge in [-0.05, 0) is 12.1 Å². The molecule has 2 aliphatic heterocycles. The molecular weight excluding hydrogens is 415 g/mol. The molecule has 32 heavy (non-hydrogen) atoms. The molecule has 5 unspecified atom stereocenters. The van der Waals surface area contributed by atoms with Crippen molar-refractivity contribution in [2.24, 2.45) is 0 Å². The van der Waals surface area contributed by atoms with Crippen LogP contribution >= 0.6 is 0 Å². The van der Waals surface area contributed by atoms with E-state index in [2.05, 4.69) is 15.6 Å². The molecule has 0 aliphatic carbocycles. The Bertz CT molecular complexity index is 1090. The Morgan fingerprint density at radius 2 is 2.00 bits per heavy atom. The number of carbonyl (C=O) groups is 1. The van der Waals surface area contributed by atoms with Crippen LogP contribution in [0.15, 0.2) is 60.8 Å². The number of hydrogen-bond donors (Lipinski definition) is 1. The van der Waals surface area contributed by atoms with E-state index in [0.717, 1.165) is 5.56 Å². The quantitative estimate of drug-likeness (QED) is 0.674. The van der Waals surface area contributed by atoms with E-state index in [1.165, 1.54) is 12.1 Å². The predicted octanol–water partition coefficient (Wildman–Crippen LogP) is 2.64. The second-order valence-electron chi connectivity index (χ2n) is 7.85. The highest BCUT2D eigenvalue weighted by atomic mass is 19.1. The van der Waals surface area contributed by atoms with Crippen molar-refractivity contribution in [3.8, 4) is 11.3 Å². The van der Waals surface area contributed by atoms with Crippen molar-refractivity contribution in [3.63, 3.8) is 0 Å². The smallest absolute Gasteiger partial charge is 0.248 e. The molecule has 5 rings (SSSR count). The van der Waals surface area contributed by atoms with Crippen molar-refractivity contribution in [1.29, 1.82) is 0 Å². The zero-order chi connectivity index (χ0) is 22.1. The van der Waals surface area contributed by atoms with Gasteiger partial charge in [-0.15, -0.1) is 5.10 Å². The molecule has 0 bridgehead atoms. The van der Waals surface area contributed by atoms with Gasteiger partial charge in [0.1, 0.15) is 29.8 Å². The van der Waals surface area contributed by atoms with Crippen LogP contribution in [0.5, 0.6) is 0 Å². The lowest BCUT2D eigenvalue weighted by Gasteiger charge is -2.45. The zero-order valence-electron chi connectivity index (χ0n) is 17.4. The van der Waals surface area contributed by atoms with Crippen LogP contribution in [0.1, 0.15) is 24.3 Å². The monoisotopic (exact) mass is 438 g/mol. The summed E-state index contributed by atoms with van der Waals surface area (Å²) in [5.74, 6) is -0.564. The van der Waals surface area contributed by atoms with E-state index in [1.54, 1.807) is 30.1 Å². The van der Waals surface area contributed by atoms with Crippen LogP contribution in [0.3, 0.4) is 0 Å². The minimum absolute atomic E-state index is 0.218. The van der Waals surface area contributed by atoms with Crippen molar-refractivity contribution in [2.75, 3.05) is 13.7 Å². The Labute approximate surface area is 184 Å². The second-order valence-corrected chi connectivity index (χ2v) is 7.85. The van der Waals surface area contributed by atoms with Gasteiger partial charge in [0, 0.05) is 24.6 Å². The summed E-state index contributed by atoms with van der Waals surface area (Å²) in [5, 5.41) is 11.2. The van der Waals surface area contributed by atoms with Gasteiger partial charge >= 0.3 is 0 Å². The third kappa shape index (κ3) is 4.02. The van der Waals surface area contributed by atoms with Gasteiger partial charge in [0.05, 0.1) is 18.8 Å². The number of carbonyl (C=O) groups excluding carboxylic acids is 1. The number of halogens is 1. The van der Waals surface area contributed by atoms with E-state index in [1.807, 2.05) is 30.3 Å². The lowest BCUT2D eigenvalue weighted by molar-refractivity contribution is -0.297. The van der Waals surface area contributed by atoms with Crippen LogP contribution in [-0.2, 0) is 19.0 Å². The Kier molecular flexibility index (Phi) is 5.69. The van der Waals surface area contributed by atoms with E-state index < -0.39 is 24.6 Å². The molecule has 1 aromatic heterocycles. The minimum Gasteiger partial charge on any atom is -0.360 e. The number of fused-ring (bicyclic) bond motifs is 1. The molecule has 8 nitrogen and oxygen atoms in total. The molecular formula is C23H23FN4O4. The predicted molar refractivity (Wildman–Crippen MR) is 112 cm³/mol. The van der Waals surface area contributed by atoms with Crippen LogP contribution < -0.4 is 5.32 Å². The van der Waals surface area contributed by atoms with E-state index in [4.69, 9.17) is 14.2 Å². The second kappa shape index (κ2) is 8.78. The summed E-state index contributed by atoms with van der Waals surface area (Å²) in [5.41, 5.74) is 2.06. The van der Waals surface area contributed by atoms with Gasteiger partial charge in [-0.2, -0.15) is 0 Å². The third-order valence-electron chi connectivity index (χ3n) is 5.81. The number of nitrogens with one attached hydrogen (secondary N) is 1. The molecule has 1 amide bonds. The van der Waals surface area contributed by atoms with Gasteiger partial charge < -0.3 is 19.5 Å². The topological polar surface area (TPSA) is 87.5 Å². The molecule has 2 fully saturated rings. The van der Waals surface area contributed by atoms with E-state index in [0.29, 0.717) is 17.7 Å². The fourth-order valence-corrected chi connectivity index (χ4v) is 4.21. The lowest BCUT2D eigenvalue weighted by Crippen LogP contribution is -2.55. The molecule has 5 atom stereocenters. The molecule has 166 valence electrons. The summed E-state index contributed by atoms with van der Waals surface area (Å²) in [4.78, 5) is 12.4. The van der Waals surface area contributed by atoms with Crippen molar-refractivity contribution in [3.05, 3.63) is 72.2 Å². The number of aromatic nitrogens is 3. The highest BCUT2D eigenvalue weighted by Gasteiger charge is 2.47. The van der Waals surface area contributed by atoms with Gasteiger partial charge in [0.2, 0.25) is 5.91 Å². The molecule has 0 spiro atoms. The average Bonchev–Trinajstić information content (AvgIpc) is 3.33. The molecule has 1 N–H and O–H groups in total. The molecule has 2 aromatic carbocycles. The van der Waals surface area contributed by atoms with Crippen LogP contribution in [0.4, 0.5) is 4.39 Å². The van der Waals surface area contributed by atoms with Crippen molar-refractivity contribution < 1.29 is 23.4 Å². The molecule has 3 aromatic rings. The Morgan fingerprint density at radius 1 is 1.16 bits per heavy atom. The van der Waals surface area contributed by atoms with Gasteiger partial charge in [0.25, 0.3) is 0 Å². The number of ether oxygens (including phenoxy) is 3. The maximum Gasteiger partial charge on any atom is 0.248 e. The molecule has 9 heteroatoms. The third-order valence-corrected chi connectivity index (χ3v) is 5.81. The first-order valence-corrected chi connectivity index (χ1v) is 10.5. The van der Waals surface area contributed by atoms with Crippen molar-refractivity contribution >= 4 is 5.91 Å². The van der Waals surface area contributed by atoms with Gasteiger partial charge in [-0.25, -0.2) is 9.07 Å². The van der Waals surface area contributed by atoms with Gasteiger partial charge in [-0.3, -0.25) is 4.79 Å². The highest BCUT2D eigenvalue weighted by Crippen LogP contribution is 2.39. The van der Waals surface area contributed by atoms with E-state index >= 15 is 0 Å². The summed E-state index contributed by atoms with van der Waals surface area (Å²) in [6, 6.07) is 15.5. The van der Waals surface area contributed by atoms with Crippen LogP contribution in [-0.4, -0.2) is 52.9 Å². The van der Waals surface area contributed by atoms with Crippen LogP contribution in [0.25, 0.3) is 11.3 Å². The Morgan fingerprint density at radius 3 is 2.78 bits per heavy atom. The summed E-state index contributed by atoms with van der Waals surface area (Å²) in [7, 11) is 1.57. The van der Waals surface area contributed by atoms with Gasteiger partial charge in [-0.1, -0.05) is 47.7 Å². The largest absolute Gasteiger partial charge is 0.360 e. The van der Waals surface area contributed by atoms with Crippen LogP contribution in [0.2, 0.25) is 0 Å². The summed E-state index contributed by atoms with van der Waals surface area (Å²) < 4.78 is 33.6. The first-order chi connectivity index (χ1) is 15.6. The molecule has 3 heterocycles. The number of nitrogens with zero attached hydrogens (tertiary/aromatic N) is 3.